The number of hydrogen-bond acceptors (Lipinski definition) is 9. The molecule has 0 unspecified atom stereocenters. The monoisotopic (exact) mass is 436 g/mol. The van der Waals surface area contributed by atoms with E-state index in [1.807, 2.05) is 20.8 Å². The fraction of sp³-hybridized carbons (Fsp3) is 0.421. The molecule has 0 radical (unpaired) electrons. The highest BCUT2D eigenvalue weighted by molar-refractivity contribution is 7.86. The Morgan fingerprint density at radius 2 is 1.90 bits per heavy atom. The summed E-state index contributed by atoms with van der Waals surface area (Å²) in [5, 5.41) is 6.25. The Balaban J connectivity index is 2.37. The zero-order chi connectivity index (χ0) is 22.6. The zero-order valence-corrected chi connectivity index (χ0v) is 18.7. The van der Waals surface area contributed by atoms with Gasteiger partial charge in [-0.05, 0) is 31.0 Å². The van der Waals surface area contributed by atoms with Crippen LogP contribution >= 0.6 is 0 Å². The highest BCUT2D eigenvalue weighted by Crippen LogP contribution is 2.32. The molecule has 11 heteroatoms. The molecular weight excluding hydrogens is 408 g/mol. The maximum atomic E-state index is 11.7. The molecule has 0 aliphatic heterocycles. The van der Waals surface area contributed by atoms with E-state index in [1.165, 1.54) is 12.3 Å². The quantitative estimate of drug-likeness (QED) is 0.505. The van der Waals surface area contributed by atoms with Gasteiger partial charge in [-0.2, -0.15) is 13.4 Å². The highest BCUT2D eigenvalue weighted by atomic mass is 32.2. The van der Waals surface area contributed by atoms with Crippen molar-refractivity contribution < 1.29 is 17.4 Å². The lowest BCUT2D eigenvalue weighted by Crippen LogP contribution is -2.25. The van der Waals surface area contributed by atoms with E-state index < -0.39 is 16.0 Å². The number of anilines is 4. The Bertz CT molecular complexity index is 1020. The molecule has 10 nitrogen and oxygen atoms in total. The van der Waals surface area contributed by atoms with E-state index in [9.17, 15) is 13.2 Å². The van der Waals surface area contributed by atoms with Crippen LogP contribution in [0.1, 0.15) is 31.1 Å². The molecule has 0 aliphatic rings. The Kier molecular flexibility index (Phi) is 7.08. The average molecular weight is 437 g/mol. The predicted octanol–water partition coefficient (Wildman–Crippen LogP) is 2.18. The van der Waals surface area contributed by atoms with Crippen LogP contribution in [0.2, 0.25) is 0 Å². The first kappa shape index (κ1) is 23.2. The number of benzene rings is 1. The van der Waals surface area contributed by atoms with E-state index in [0.29, 0.717) is 23.1 Å². The van der Waals surface area contributed by atoms with Crippen LogP contribution < -0.4 is 25.5 Å². The van der Waals surface area contributed by atoms with E-state index in [1.54, 1.807) is 31.1 Å². The minimum absolute atomic E-state index is 0.0543. The minimum atomic E-state index is -3.67. The van der Waals surface area contributed by atoms with Gasteiger partial charge in [0, 0.05) is 32.0 Å². The number of nitrogens with two attached hydrogens (primary N) is 1. The van der Waals surface area contributed by atoms with Gasteiger partial charge in [0.2, 0.25) is 5.95 Å². The van der Waals surface area contributed by atoms with Crippen molar-refractivity contribution in [2.24, 2.45) is 11.7 Å². The van der Waals surface area contributed by atoms with E-state index in [2.05, 4.69) is 20.6 Å². The first-order valence-electron chi connectivity index (χ1n) is 9.28. The van der Waals surface area contributed by atoms with Crippen LogP contribution in [0.15, 0.2) is 24.4 Å². The molecule has 164 valence electrons. The molecular formula is C19H28N6O4S. The molecule has 4 N–H and O–H groups in total. The molecule has 0 fully saturated rings. The number of carbonyl (C=O) groups excluding carboxylic acids is 1. The van der Waals surface area contributed by atoms with Gasteiger partial charge in [0.05, 0.1) is 17.5 Å². The Morgan fingerprint density at radius 3 is 2.43 bits per heavy atom. The number of hydrogen-bond donors (Lipinski definition) is 3. The lowest BCUT2D eigenvalue weighted by molar-refractivity contribution is 0.100. The van der Waals surface area contributed by atoms with Crippen molar-refractivity contribution in [2.75, 3.05) is 35.9 Å². The van der Waals surface area contributed by atoms with Gasteiger partial charge in [0.1, 0.15) is 5.82 Å². The van der Waals surface area contributed by atoms with Gasteiger partial charge < -0.3 is 25.5 Å². The number of amides is 1. The Labute approximate surface area is 177 Å². The van der Waals surface area contributed by atoms with Crippen LogP contribution in [0.5, 0.6) is 5.75 Å². The van der Waals surface area contributed by atoms with Gasteiger partial charge in [-0.15, -0.1) is 0 Å². The summed E-state index contributed by atoms with van der Waals surface area (Å²) in [5.41, 5.74) is 6.79. The van der Waals surface area contributed by atoms with Crippen molar-refractivity contribution in [1.82, 2.24) is 9.97 Å². The largest absolute Gasteiger partial charge is 0.380 e. The summed E-state index contributed by atoms with van der Waals surface area (Å²) < 4.78 is 28.0. The summed E-state index contributed by atoms with van der Waals surface area (Å²) >= 11 is 0. The van der Waals surface area contributed by atoms with Crippen molar-refractivity contribution in [3.8, 4) is 5.75 Å². The molecule has 0 spiro atoms. The summed E-state index contributed by atoms with van der Waals surface area (Å²) in [5.74, 6) is 0.469. The standard InChI is InChI=1S/C19H28N6O4S/c1-11(2)12(3)22-18-14(17(20)26)10-21-19(24-18)23-13-7-8-16(29-30(6,27)28)15(9-13)25(4)5/h7-12H,1-6H3,(H2,20,26)(H2,21,22,23,24)/t12-/m1/s1. The van der Waals surface area contributed by atoms with Crippen molar-refractivity contribution in [3.05, 3.63) is 30.0 Å². The topological polar surface area (TPSA) is 140 Å². The first-order chi connectivity index (χ1) is 13.9. The van der Waals surface area contributed by atoms with Gasteiger partial charge in [0.15, 0.2) is 5.75 Å². The molecule has 1 heterocycles. The van der Waals surface area contributed by atoms with Crippen LogP contribution in [0.4, 0.5) is 23.1 Å². The summed E-state index contributed by atoms with van der Waals surface area (Å²) in [7, 11) is -0.135. The third-order valence-electron chi connectivity index (χ3n) is 4.36. The lowest BCUT2D eigenvalue weighted by Gasteiger charge is -2.20. The lowest BCUT2D eigenvalue weighted by atomic mass is 10.1. The van der Waals surface area contributed by atoms with Gasteiger partial charge in [0.25, 0.3) is 5.91 Å². The molecule has 0 saturated carbocycles. The SMILES string of the molecule is CC(C)[C@@H](C)Nc1nc(Nc2ccc(OS(C)(=O)=O)c(N(C)C)c2)ncc1C(N)=O. The van der Waals surface area contributed by atoms with Crippen LogP contribution in [0.3, 0.4) is 0 Å². The zero-order valence-electron chi connectivity index (χ0n) is 17.9. The molecule has 0 bridgehead atoms. The Morgan fingerprint density at radius 1 is 1.23 bits per heavy atom. The number of carbonyl (C=O) groups is 1. The normalized spacial score (nSPS) is 12.4. The summed E-state index contributed by atoms with van der Waals surface area (Å²) in [6.45, 7) is 6.07. The van der Waals surface area contributed by atoms with Crippen molar-refractivity contribution in [2.45, 2.75) is 26.8 Å². The molecule has 0 aliphatic carbocycles. The number of rotatable bonds is 9. The molecule has 1 aromatic carbocycles. The van der Waals surface area contributed by atoms with Crippen molar-refractivity contribution in [3.63, 3.8) is 0 Å². The molecule has 2 rings (SSSR count). The van der Waals surface area contributed by atoms with Crippen LogP contribution in [0, 0.1) is 5.92 Å². The summed E-state index contributed by atoms with van der Waals surface area (Å²) in [6, 6.07) is 4.94. The molecule has 1 atom stereocenters. The van der Waals surface area contributed by atoms with Gasteiger partial charge in [-0.1, -0.05) is 13.8 Å². The third kappa shape index (κ3) is 6.21. The highest BCUT2D eigenvalue weighted by Gasteiger charge is 2.17. The fourth-order valence-electron chi connectivity index (χ4n) is 2.42. The van der Waals surface area contributed by atoms with Gasteiger partial charge in [-0.25, -0.2) is 4.98 Å². The number of primary amides is 1. The average Bonchev–Trinajstić information content (AvgIpc) is 2.61. The number of nitrogens with one attached hydrogen (secondary N) is 2. The molecule has 1 aromatic heterocycles. The molecule has 30 heavy (non-hydrogen) atoms. The van der Waals surface area contributed by atoms with Crippen LogP contribution in [0.25, 0.3) is 0 Å². The van der Waals surface area contributed by atoms with E-state index in [4.69, 9.17) is 9.92 Å². The van der Waals surface area contributed by atoms with E-state index in [-0.39, 0.29) is 23.3 Å². The minimum Gasteiger partial charge on any atom is -0.380 e. The predicted molar refractivity (Wildman–Crippen MR) is 118 cm³/mol. The second kappa shape index (κ2) is 9.16. The summed E-state index contributed by atoms with van der Waals surface area (Å²) in [6.07, 6.45) is 2.35. The third-order valence-corrected chi connectivity index (χ3v) is 4.84. The van der Waals surface area contributed by atoms with E-state index >= 15 is 0 Å². The Hall–Kier alpha value is -3.08. The molecule has 0 saturated heterocycles. The first-order valence-corrected chi connectivity index (χ1v) is 11.1. The summed E-state index contributed by atoms with van der Waals surface area (Å²) in [4.78, 5) is 22.0. The van der Waals surface area contributed by atoms with Crippen LogP contribution in [-0.2, 0) is 10.1 Å². The van der Waals surface area contributed by atoms with Crippen molar-refractivity contribution in [1.29, 1.82) is 0 Å². The second-order valence-electron chi connectivity index (χ2n) is 7.49. The van der Waals surface area contributed by atoms with Gasteiger partial charge >= 0.3 is 10.1 Å². The fourth-order valence-corrected chi connectivity index (χ4v) is 2.89. The molecule has 1 amide bonds. The number of aromatic nitrogens is 2. The number of nitrogens with zero attached hydrogens (tertiary/aromatic N) is 3. The smallest absolute Gasteiger partial charge is 0.306 e. The van der Waals surface area contributed by atoms with E-state index in [0.717, 1.165) is 6.26 Å². The maximum Gasteiger partial charge on any atom is 0.306 e. The van der Waals surface area contributed by atoms with Crippen molar-refractivity contribution >= 4 is 39.2 Å². The molecule has 2 aromatic rings. The second-order valence-corrected chi connectivity index (χ2v) is 9.06. The van der Waals surface area contributed by atoms with Gasteiger partial charge in [-0.3, -0.25) is 4.79 Å². The van der Waals surface area contributed by atoms with Crippen LogP contribution in [-0.4, -0.2) is 50.7 Å². The maximum absolute atomic E-state index is 11.7.